The van der Waals surface area contributed by atoms with Gasteiger partial charge in [-0.1, -0.05) is 26.5 Å². The van der Waals surface area contributed by atoms with Gasteiger partial charge in [0.2, 0.25) is 0 Å². The van der Waals surface area contributed by atoms with Gasteiger partial charge in [0, 0.05) is 12.0 Å². The molecule has 0 aliphatic carbocycles. The van der Waals surface area contributed by atoms with Crippen LogP contribution in [0.25, 0.3) is 0 Å². The van der Waals surface area contributed by atoms with Crippen LogP contribution in [0.15, 0.2) is 24.3 Å². The van der Waals surface area contributed by atoms with Gasteiger partial charge in [-0.3, -0.25) is 4.79 Å². The number of benzene rings is 1. The van der Waals surface area contributed by atoms with Crippen LogP contribution in [0.5, 0.6) is 0 Å². The summed E-state index contributed by atoms with van der Waals surface area (Å²) in [6.45, 7) is 1.96. The number of ether oxygens (including phenoxy) is 1. The molecule has 0 atom stereocenters. The quantitative estimate of drug-likeness (QED) is 0.580. The first kappa shape index (κ1) is 14.4. The summed E-state index contributed by atoms with van der Waals surface area (Å²) in [6.07, 6.45) is 1.37. The summed E-state index contributed by atoms with van der Waals surface area (Å²) in [5, 5.41) is 0. The fourth-order valence-electron chi connectivity index (χ4n) is 1.28. The fraction of sp³-hybridized carbons (Fsp3) is 0.385. The minimum atomic E-state index is -0.385. The zero-order chi connectivity index (χ0) is 11.3. The van der Waals surface area contributed by atoms with E-state index in [1.807, 2.05) is 6.92 Å². The molecular weight excluding hydrogens is 204 g/mol. The molecule has 0 unspecified atom stereocenters. The smallest absolute Gasteiger partial charge is 0.337 e. The van der Waals surface area contributed by atoms with Crippen molar-refractivity contribution in [1.82, 2.24) is 0 Å². The summed E-state index contributed by atoms with van der Waals surface area (Å²) < 4.78 is 4.56. The van der Waals surface area contributed by atoms with E-state index >= 15 is 0 Å². The van der Waals surface area contributed by atoms with Gasteiger partial charge in [-0.05, 0) is 18.6 Å². The number of ketones is 1. The summed E-state index contributed by atoms with van der Waals surface area (Å²) in [5.41, 5.74) is 1.11. The van der Waals surface area contributed by atoms with Gasteiger partial charge in [0.25, 0.3) is 0 Å². The number of carbonyl (C=O) groups is 2. The van der Waals surface area contributed by atoms with Crippen molar-refractivity contribution in [2.24, 2.45) is 0 Å². The van der Waals surface area contributed by atoms with Crippen LogP contribution < -0.4 is 0 Å². The molecule has 3 nitrogen and oxygen atoms in total. The maximum absolute atomic E-state index is 11.5. The second-order valence-electron chi connectivity index (χ2n) is 3.24. The number of methoxy groups -OCH3 is 1. The Morgan fingerprint density at radius 3 is 2.06 bits per heavy atom. The maximum atomic E-state index is 11.5. The van der Waals surface area contributed by atoms with E-state index in [9.17, 15) is 9.59 Å². The monoisotopic (exact) mass is 222 g/mol. The van der Waals surface area contributed by atoms with E-state index in [1.54, 1.807) is 24.3 Å². The first-order valence-electron chi connectivity index (χ1n) is 4.90. The van der Waals surface area contributed by atoms with Crippen molar-refractivity contribution in [3.05, 3.63) is 35.4 Å². The van der Waals surface area contributed by atoms with Crippen LogP contribution in [0.4, 0.5) is 0 Å². The molecular formula is C13H18O3. The molecule has 0 radical (unpaired) electrons. The van der Waals surface area contributed by atoms with Crippen molar-refractivity contribution in [3.63, 3.8) is 0 Å². The van der Waals surface area contributed by atoms with Gasteiger partial charge in [-0.25, -0.2) is 4.79 Å². The van der Waals surface area contributed by atoms with E-state index in [2.05, 4.69) is 4.74 Å². The first-order chi connectivity index (χ1) is 7.19. The number of carbonyl (C=O) groups excluding carboxylic acids is 2. The van der Waals surface area contributed by atoms with Gasteiger partial charge in [0.1, 0.15) is 0 Å². The van der Waals surface area contributed by atoms with Crippen LogP contribution >= 0.6 is 0 Å². The highest BCUT2D eigenvalue weighted by Crippen LogP contribution is 2.08. The van der Waals surface area contributed by atoms with Gasteiger partial charge < -0.3 is 4.74 Å². The molecule has 0 saturated carbocycles. The molecule has 88 valence electrons. The molecule has 0 fully saturated rings. The third kappa shape index (κ3) is 3.50. The molecule has 3 heteroatoms. The van der Waals surface area contributed by atoms with E-state index in [4.69, 9.17) is 0 Å². The molecule has 0 heterocycles. The van der Waals surface area contributed by atoms with Crippen LogP contribution in [-0.4, -0.2) is 18.9 Å². The normalized spacial score (nSPS) is 9.12. The van der Waals surface area contributed by atoms with Crippen molar-refractivity contribution in [2.75, 3.05) is 7.11 Å². The topological polar surface area (TPSA) is 43.4 Å². The van der Waals surface area contributed by atoms with Gasteiger partial charge >= 0.3 is 5.97 Å². The average molecular weight is 222 g/mol. The maximum Gasteiger partial charge on any atom is 0.337 e. The van der Waals surface area contributed by atoms with E-state index in [0.29, 0.717) is 17.5 Å². The Morgan fingerprint density at radius 1 is 1.12 bits per heavy atom. The minimum absolute atomic E-state index is 0. The molecule has 1 aromatic rings. The molecule has 16 heavy (non-hydrogen) atoms. The Morgan fingerprint density at radius 2 is 1.62 bits per heavy atom. The summed E-state index contributed by atoms with van der Waals surface area (Å²) in [6, 6.07) is 6.53. The molecule has 1 rings (SSSR count). The number of rotatable bonds is 4. The van der Waals surface area contributed by atoms with Gasteiger partial charge in [-0.15, -0.1) is 0 Å². The van der Waals surface area contributed by atoms with Crippen LogP contribution in [-0.2, 0) is 4.74 Å². The Kier molecular flexibility index (Phi) is 6.08. The Balaban J connectivity index is 0.00000225. The second-order valence-corrected chi connectivity index (χ2v) is 3.24. The zero-order valence-electron chi connectivity index (χ0n) is 8.95. The first-order valence-corrected chi connectivity index (χ1v) is 4.90. The van der Waals surface area contributed by atoms with Crippen LogP contribution in [0.2, 0.25) is 0 Å². The van der Waals surface area contributed by atoms with E-state index in [-0.39, 0.29) is 19.2 Å². The molecule has 0 amide bonds. The summed E-state index contributed by atoms with van der Waals surface area (Å²) in [4.78, 5) is 22.6. The highest BCUT2D eigenvalue weighted by molar-refractivity contribution is 5.97. The standard InChI is InChI=1S/C12H14O3.CH4/c1-3-4-11(13)9-5-7-10(8-6-9)12(14)15-2;/h5-8H,3-4H2,1-2H3;1H4. The molecule has 1 aromatic carbocycles. The van der Waals surface area contributed by atoms with Crippen molar-refractivity contribution in [1.29, 1.82) is 0 Å². The lowest BCUT2D eigenvalue weighted by atomic mass is 10.1. The molecule has 0 bridgehead atoms. The van der Waals surface area contributed by atoms with E-state index in [1.165, 1.54) is 7.11 Å². The largest absolute Gasteiger partial charge is 0.465 e. The van der Waals surface area contributed by atoms with Crippen molar-refractivity contribution in [3.8, 4) is 0 Å². The van der Waals surface area contributed by atoms with Gasteiger partial charge in [0.15, 0.2) is 5.78 Å². The van der Waals surface area contributed by atoms with Crippen molar-refractivity contribution >= 4 is 11.8 Å². The Hall–Kier alpha value is -1.64. The number of esters is 1. The minimum Gasteiger partial charge on any atom is -0.465 e. The zero-order valence-corrected chi connectivity index (χ0v) is 8.95. The third-order valence-electron chi connectivity index (χ3n) is 2.11. The van der Waals surface area contributed by atoms with Crippen LogP contribution in [0, 0.1) is 0 Å². The third-order valence-corrected chi connectivity index (χ3v) is 2.11. The van der Waals surface area contributed by atoms with E-state index < -0.39 is 0 Å². The van der Waals surface area contributed by atoms with Crippen molar-refractivity contribution < 1.29 is 14.3 Å². The van der Waals surface area contributed by atoms with Gasteiger partial charge in [0.05, 0.1) is 12.7 Å². The van der Waals surface area contributed by atoms with Gasteiger partial charge in [-0.2, -0.15) is 0 Å². The summed E-state index contributed by atoms with van der Waals surface area (Å²) >= 11 is 0. The molecule has 0 N–H and O–H groups in total. The average Bonchev–Trinajstić information content (AvgIpc) is 2.28. The van der Waals surface area contributed by atoms with Crippen LogP contribution in [0.1, 0.15) is 47.9 Å². The SMILES string of the molecule is C.CCCC(=O)c1ccc(C(=O)OC)cc1. The van der Waals surface area contributed by atoms with Crippen molar-refractivity contribution in [2.45, 2.75) is 27.2 Å². The lowest BCUT2D eigenvalue weighted by Crippen LogP contribution is -2.03. The number of Topliss-reactive ketones (excluding diaryl/α,β-unsaturated/α-hetero) is 1. The lowest BCUT2D eigenvalue weighted by molar-refractivity contribution is 0.0600. The second kappa shape index (κ2) is 6.77. The summed E-state index contributed by atoms with van der Waals surface area (Å²) in [7, 11) is 1.33. The number of hydrogen-bond acceptors (Lipinski definition) is 3. The molecule has 0 spiro atoms. The Bertz CT molecular complexity index is 352. The highest BCUT2D eigenvalue weighted by Gasteiger charge is 2.07. The lowest BCUT2D eigenvalue weighted by Gasteiger charge is -2.01. The molecule has 0 aliphatic rings. The predicted octanol–water partition coefficient (Wildman–Crippen LogP) is 3.09. The fourth-order valence-corrected chi connectivity index (χ4v) is 1.28. The molecule has 0 aliphatic heterocycles. The predicted molar refractivity (Wildman–Crippen MR) is 63.8 cm³/mol. The van der Waals surface area contributed by atoms with E-state index in [0.717, 1.165) is 6.42 Å². The number of hydrogen-bond donors (Lipinski definition) is 0. The Labute approximate surface area is 96.4 Å². The summed E-state index contributed by atoms with van der Waals surface area (Å²) in [5.74, 6) is -0.279. The molecule has 0 aromatic heterocycles. The highest BCUT2D eigenvalue weighted by atomic mass is 16.5. The van der Waals surface area contributed by atoms with Crippen LogP contribution in [0.3, 0.4) is 0 Å². The molecule has 0 saturated heterocycles.